The molecular weight excluding hydrogens is 434 g/mol. The molecule has 31 heavy (non-hydrogen) atoms. The van der Waals surface area contributed by atoms with Crippen LogP contribution in [-0.2, 0) is 27.8 Å². The first-order valence-corrected chi connectivity index (χ1v) is 12.3. The van der Waals surface area contributed by atoms with Crippen LogP contribution in [0.5, 0.6) is 5.75 Å². The minimum atomic E-state index is -3.87. The van der Waals surface area contributed by atoms with Crippen LogP contribution in [0, 0.1) is 0 Å². The molecule has 4 rings (SSSR count). The first-order valence-electron chi connectivity index (χ1n) is 9.91. The van der Waals surface area contributed by atoms with Crippen LogP contribution in [0.2, 0.25) is 0 Å². The highest BCUT2D eigenvalue weighted by molar-refractivity contribution is 7.89. The lowest BCUT2D eigenvalue weighted by molar-refractivity contribution is -0.117. The summed E-state index contributed by atoms with van der Waals surface area (Å²) in [5, 5.41) is 2.78. The van der Waals surface area contributed by atoms with E-state index in [-0.39, 0.29) is 23.1 Å². The number of carbonyl (C=O) groups is 1. The van der Waals surface area contributed by atoms with Crippen molar-refractivity contribution in [2.24, 2.45) is 0 Å². The summed E-state index contributed by atoms with van der Waals surface area (Å²) in [6.45, 7) is 0.657. The second-order valence-electron chi connectivity index (χ2n) is 7.20. The van der Waals surface area contributed by atoms with Gasteiger partial charge in [0.15, 0.2) is 0 Å². The third-order valence-electron chi connectivity index (χ3n) is 5.06. The summed E-state index contributed by atoms with van der Waals surface area (Å²) in [7, 11) is -2.45. The second kappa shape index (κ2) is 9.17. The van der Waals surface area contributed by atoms with Crippen LogP contribution < -0.4 is 14.4 Å². The van der Waals surface area contributed by atoms with Crippen molar-refractivity contribution in [3.63, 3.8) is 0 Å². The molecule has 0 aliphatic carbocycles. The number of amides is 1. The highest BCUT2D eigenvalue weighted by Crippen LogP contribution is 2.31. The zero-order valence-corrected chi connectivity index (χ0v) is 18.7. The smallest absolute Gasteiger partial charge is 0.244 e. The molecule has 1 fully saturated rings. The third-order valence-corrected chi connectivity index (χ3v) is 7.38. The molecule has 2 heterocycles. The first kappa shape index (κ1) is 21.5. The van der Waals surface area contributed by atoms with Gasteiger partial charge in [-0.25, -0.2) is 18.1 Å². The van der Waals surface area contributed by atoms with Gasteiger partial charge >= 0.3 is 0 Å². The summed E-state index contributed by atoms with van der Waals surface area (Å²) >= 11 is 1.50. The number of sulfonamides is 1. The number of benzene rings is 2. The van der Waals surface area contributed by atoms with Gasteiger partial charge < -0.3 is 9.64 Å². The van der Waals surface area contributed by atoms with Crippen LogP contribution in [0.3, 0.4) is 0 Å². The number of aromatic nitrogens is 1. The Morgan fingerprint density at radius 3 is 2.71 bits per heavy atom. The highest BCUT2D eigenvalue weighted by atomic mass is 32.2. The van der Waals surface area contributed by atoms with Crippen LogP contribution in [0.1, 0.15) is 29.1 Å². The number of nitrogens with zero attached hydrogens (tertiary/aromatic N) is 2. The molecule has 1 aliphatic heterocycles. The number of hydrogen-bond donors (Lipinski definition) is 1. The van der Waals surface area contributed by atoms with Crippen LogP contribution in [-0.4, -0.2) is 33.0 Å². The lowest BCUT2D eigenvalue weighted by Crippen LogP contribution is -2.26. The third kappa shape index (κ3) is 4.95. The number of ether oxygens (including phenoxy) is 1. The second-order valence-corrected chi connectivity index (χ2v) is 9.88. The van der Waals surface area contributed by atoms with Crippen molar-refractivity contribution in [1.29, 1.82) is 0 Å². The fraction of sp³-hybridized carbons (Fsp3) is 0.273. The summed E-state index contributed by atoms with van der Waals surface area (Å²) in [6, 6.07) is 14.8. The number of anilines is 1. The van der Waals surface area contributed by atoms with Crippen molar-refractivity contribution in [3.05, 3.63) is 70.2 Å². The minimum absolute atomic E-state index is 0.00473. The van der Waals surface area contributed by atoms with Gasteiger partial charge in [-0.3, -0.25) is 4.79 Å². The van der Waals surface area contributed by atoms with Crippen molar-refractivity contribution in [3.8, 4) is 5.75 Å². The fourth-order valence-electron chi connectivity index (χ4n) is 3.49. The maximum Gasteiger partial charge on any atom is 0.244 e. The Hall–Kier alpha value is -2.75. The van der Waals surface area contributed by atoms with Crippen LogP contribution in [0.25, 0.3) is 0 Å². The number of hydrogen-bond acceptors (Lipinski definition) is 6. The number of methoxy groups -OCH3 is 1. The zero-order valence-electron chi connectivity index (χ0n) is 17.1. The molecule has 1 N–H and O–H groups in total. The van der Waals surface area contributed by atoms with E-state index in [0.29, 0.717) is 30.8 Å². The topological polar surface area (TPSA) is 88.6 Å². The highest BCUT2D eigenvalue weighted by Gasteiger charge is 2.26. The number of nitrogens with one attached hydrogen (secondary N) is 1. The van der Waals surface area contributed by atoms with E-state index >= 15 is 0 Å². The maximum atomic E-state index is 13.0. The van der Waals surface area contributed by atoms with Crippen LogP contribution in [0.4, 0.5) is 5.69 Å². The van der Waals surface area contributed by atoms with Crippen LogP contribution >= 0.6 is 11.3 Å². The van der Waals surface area contributed by atoms with Gasteiger partial charge in [-0.15, -0.1) is 11.3 Å². The van der Waals surface area contributed by atoms with Gasteiger partial charge in [0.1, 0.15) is 10.6 Å². The lowest BCUT2D eigenvalue weighted by atomic mass is 10.2. The summed E-state index contributed by atoms with van der Waals surface area (Å²) < 4.78 is 33.9. The van der Waals surface area contributed by atoms with Gasteiger partial charge in [0.25, 0.3) is 0 Å². The van der Waals surface area contributed by atoms with Gasteiger partial charge in [-0.2, -0.15) is 0 Å². The molecule has 0 unspecified atom stereocenters. The average Bonchev–Trinajstić information content (AvgIpc) is 3.41. The number of carbonyl (C=O) groups excluding carboxylic acids is 1. The molecule has 0 spiro atoms. The van der Waals surface area contributed by atoms with E-state index in [4.69, 9.17) is 4.74 Å². The Morgan fingerprint density at radius 1 is 1.19 bits per heavy atom. The van der Waals surface area contributed by atoms with Crippen molar-refractivity contribution in [2.75, 3.05) is 18.6 Å². The molecule has 1 saturated heterocycles. The quantitative estimate of drug-likeness (QED) is 0.560. The maximum absolute atomic E-state index is 13.0. The van der Waals surface area contributed by atoms with E-state index in [1.165, 1.54) is 24.5 Å². The molecular formula is C22H23N3O4S2. The van der Waals surface area contributed by atoms with Gasteiger partial charge in [-0.1, -0.05) is 30.3 Å². The molecule has 1 aromatic heterocycles. The molecule has 2 aromatic carbocycles. The van der Waals surface area contributed by atoms with Crippen molar-refractivity contribution >= 4 is 33.0 Å². The predicted molar refractivity (Wildman–Crippen MR) is 120 cm³/mol. The van der Waals surface area contributed by atoms with Crippen molar-refractivity contribution in [1.82, 2.24) is 9.71 Å². The fourth-order valence-corrected chi connectivity index (χ4v) is 5.51. The molecule has 0 atom stereocenters. The zero-order chi connectivity index (χ0) is 21.8. The average molecular weight is 458 g/mol. The Kier molecular flexibility index (Phi) is 6.35. The van der Waals surface area contributed by atoms with E-state index in [0.717, 1.165) is 17.0 Å². The SMILES string of the molecule is COc1ccc(N2CCCC2=O)cc1S(=O)(=O)NCc1csc(Cc2ccccc2)n1. The molecule has 162 valence electrons. The minimum Gasteiger partial charge on any atom is -0.495 e. The largest absolute Gasteiger partial charge is 0.495 e. The molecule has 0 bridgehead atoms. The van der Waals surface area contributed by atoms with Crippen molar-refractivity contribution < 1.29 is 17.9 Å². The summed E-state index contributed by atoms with van der Waals surface area (Å²) in [5.41, 5.74) is 2.37. The number of rotatable bonds is 8. The van der Waals surface area contributed by atoms with Gasteiger partial charge in [0.2, 0.25) is 15.9 Å². The first-order chi connectivity index (χ1) is 15.0. The Balaban J connectivity index is 1.49. The normalized spacial score (nSPS) is 14.2. The molecule has 1 aliphatic rings. The number of thiazole rings is 1. The molecule has 1 amide bonds. The van der Waals surface area contributed by atoms with E-state index < -0.39 is 10.0 Å². The predicted octanol–water partition coefficient (Wildman–Crippen LogP) is 3.35. The van der Waals surface area contributed by atoms with E-state index in [1.54, 1.807) is 17.0 Å². The lowest BCUT2D eigenvalue weighted by Gasteiger charge is -2.18. The molecule has 3 aromatic rings. The summed E-state index contributed by atoms with van der Waals surface area (Å²) in [6.07, 6.45) is 1.94. The van der Waals surface area contributed by atoms with Gasteiger partial charge in [0, 0.05) is 30.5 Å². The summed E-state index contributed by atoms with van der Waals surface area (Å²) in [5.74, 6) is 0.223. The van der Waals surface area contributed by atoms with Gasteiger partial charge in [0.05, 0.1) is 24.4 Å². The van der Waals surface area contributed by atoms with Crippen LogP contribution in [0.15, 0.2) is 58.8 Å². The van der Waals surface area contributed by atoms with E-state index in [2.05, 4.69) is 9.71 Å². The summed E-state index contributed by atoms with van der Waals surface area (Å²) in [4.78, 5) is 18.2. The molecule has 0 radical (unpaired) electrons. The van der Waals surface area contributed by atoms with E-state index in [1.807, 2.05) is 35.7 Å². The molecule has 7 nitrogen and oxygen atoms in total. The van der Waals surface area contributed by atoms with Gasteiger partial charge in [-0.05, 0) is 30.2 Å². The Bertz CT molecular complexity index is 1180. The molecule has 9 heteroatoms. The Morgan fingerprint density at radius 2 is 2.00 bits per heavy atom. The Labute approximate surface area is 185 Å². The van der Waals surface area contributed by atoms with E-state index in [9.17, 15) is 13.2 Å². The molecule has 0 saturated carbocycles. The standard InChI is InChI=1S/C22H23N3O4S2/c1-29-19-10-9-18(25-11-5-8-22(25)26)13-20(19)31(27,28)23-14-17-15-30-21(24-17)12-16-6-3-2-4-7-16/h2-4,6-7,9-10,13,15,23H,5,8,11-12,14H2,1H3. The van der Waals surface area contributed by atoms with Crippen molar-refractivity contribution in [2.45, 2.75) is 30.7 Å². The monoisotopic (exact) mass is 457 g/mol.